The maximum absolute atomic E-state index is 5.45. The predicted octanol–water partition coefficient (Wildman–Crippen LogP) is 3.41. The van der Waals surface area contributed by atoms with Crippen LogP contribution in [-0.2, 0) is 6.42 Å². The smallest absolute Gasteiger partial charge is 0.122 e. The topological polar surface area (TPSA) is 21.3 Å². The summed E-state index contributed by atoms with van der Waals surface area (Å²) in [5.74, 6) is 1.85. The first-order valence-corrected chi connectivity index (χ1v) is 7.14. The minimum Gasteiger partial charge on any atom is -0.496 e. The van der Waals surface area contributed by atoms with Crippen LogP contribution in [-0.4, -0.2) is 20.2 Å². The maximum Gasteiger partial charge on any atom is 0.122 e. The van der Waals surface area contributed by atoms with E-state index in [1.54, 1.807) is 7.11 Å². The molecule has 1 saturated carbocycles. The van der Waals surface area contributed by atoms with Gasteiger partial charge in [0.1, 0.15) is 5.75 Å². The van der Waals surface area contributed by atoms with E-state index in [9.17, 15) is 0 Å². The van der Waals surface area contributed by atoms with Crippen LogP contribution in [0.15, 0.2) is 24.3 Å². The van der Waals surface area contributed by atoms with E-state index in [0.717, 1.165) is 18.1 Å². The molecule has 1 aromatic rings. The Hall–Kier alpha value is -1.02. The van der Waals surface area contributed by atoms with Gasteiger partial charge in [-0.15, -0.1) is 0 Å². The molecule has 0 heterocycles. The highest BCUT2D eigenvalue weighted by Gasteiger charge is 2.23. The Morgan fingerprint density at radius 2 is 1.94 bits per heavy atom. The summed E-state index contributed by atoms with van der Waals surface area (Å²) in [6.07, 6.45) is 8.04. The molecule has 2 heteroatoms. The van der Waals surface area contributed by atoms with Gasteiger partial charge in [0.2, 0.25) is 0 Å². The Labute approximate surface area is 111 Å². The van der Waals surface area contributed by atoms with E-state index in [4.69, 9.17) is 4.74 Å². The fraction of sp³-hybridized carbons (Fsp3) is 0.625. The number of benzene rings is 1. The molecule has 1 aliphatic rings. The van der Waals surface area contributed by atoms with E-state index in [-0.39, 0.29) is 0 Å². The van der Waals surface area contributed by atoms with Gasteiger partial charge in [-0.2, -0.15) is 0 Å². The van der Waals surface area contributed by atoms with Gasteiger partial charge >= 0.3 is 0 Å². The van der Waals surface area contributed by atoms with Crippen LogP contribution in [0.1, 0.15) is 37.7 Å². The van der Waals surface area contributed by atoms with Gasteiger partial charge in [0.15, 0.2) is 0 Å². The van der Waals surface area contributed by atoms with Crippen molar-refractivity contribution in [3.05, 3.63) is 29.8 Å². The fourth-order valence-electron chi connectivity index (χ4n) is 3.15. The quantitative estimate of drug-likeness (QED) is 0.861. The van der Waals surface area contributed by atoms with Crippen molar-refractivity contribution in [2.45, 2.75) is 44.6 Å². The Morgan fingerprint density at radius 1 is 1.22 bits per heavy atom. The second kappa shape index (κ2) is 6.79. The number of ether oxygens (including phenoxy) is 1. The molecule has 0 bridgehead atoms. The normalized spacial score (nSPS) is 18.6. The first kappa shape index (κ1) is 13.4. The van der Waals surface area contributed by atoms with Crippen LogP contribution in [0.2, 0.25) is 0 Å². The fourth-order valence-corrected chi connectivity index (χ4v) is 3.15. The molecule has 0 radical (unpaired) electrons. The number of likely N-dealkylation sites (N-methyl/N-ethyl adjacent to an activating group) is 1. The van der Waals surface area contributed by atoms with Crippen LogP contribution >= 0.6 is 0 Å². The Bertz CT molecular complexity index is 358. The van der Waals surface area contributed by atoms with Gasteiger partial charge in [-0.25, -0.2) is 0 Å². The number of rotatable bonds is 5. The van der Waals surface area contributed by atoms with Crippen LogP contribution < -0.4 is 10.1 Å². The zero-order valence-corrected chi connectivity index (χ0v) is 11.6. The van der Waals surface area contributed by atoms with Crippen LogP contribution in [0, 0.1) is 5.92 Å². The molecule has 0 saturated heterocycles. The first-order chi connectivity index (χ1) is 8.85. The summed E-state index contributed by atoms with van der Waals surface area (Å²) in [6.45, 7) is 0. The molecule has 0 aromatic heterocycles. The second-order valence-electron chi connectivity index (χ2n) is 5.31. The lowest BCUT2D eigenvalue weighted by Crippen LogP contribution is -2.36. The van der Waals surface area contributed by atoms with Crippen molar-refractivity contribution in [1.29, 1.82) is 0 Å². The number of para-hydroxylation sites is 1. The lowest BCUT2D eigenvalue weighted by Gasteiger charge is -2.30. The van der Waals surface area contributed by atoms with Gasteiger partial charge in [0.05, 0.1) is 7.11 Å². The van der Waals surface area contributed by atoms with E-state index in [0.29, 0.717) is 6.04 Å². The predicted molar refractivity (Wildman–Crippen MR) is 76.1 cm³/mol. The standard InChI is InChI=1S/C16H25NO/c1-17-15(13-8-4-3-5-9-13)12-14-10-6-7-11-16(14)18-2/h6-7,10-11,13,15,17H,3-5,8-9,12H2,1-2H3. The molecule has 2 rings (SSSR count). The average Bonchev–Trinajstić information content (AvgIpc) is 2.46. The van der Waals surface area contributed by atoms with E-state index in [2.05, 4.69) is 30.6 Å². The maximum atomic E-state index is 5.45. The minimum atomic E-state index is 0.585. The van der Waals surface area contributed by atoms with Crippen LogP contribution in [0.3, 0.4) is 0 Å². The molecule has 1 atom stereocenters. The number of hydrogen-bond acceptors (Lipinski definition) is 2. The molecule has 2 nitrogen and oxygen atoms in total. The Morgan fingerprint density at radius 3 is 2.61 bits per heavy atom. The van der Waals surface area contributed by atoms with Crippen molar-refractivity contribution in [3.8, 4) is 5.75 Å². The van der Waals surface area contributed by atoms with Gasteiger partial charge < -0.3 is 10.1 Å². The molecular weight excluding hydrogens is 222 g/mol. The van der Waals surface area contributed by atoms with Crippen LogP contribution in [0.4, 0.5) is 0 Å². The van der Waals surface area contributed by atoms with Crippen LogP contribution in [0.25, 0.3) is 0 Å². The van der Waals surface area contributed by atoms with Crippen molar-refractivity contribution >= 4 is 0 Å². The summed E-state index contributed by atoms with van der Waals surface area (Å²) in [6, 6.07) is 8.97. The molecule has 0 spiro atoms. The van der Waals surface area contributed by atoms with Crippen molar-refractivity contribution in [1.82, 2.24) is 5.32 Å². The summed E-state index contributed by atoms with van der Waals surface area (Å²) < 4.78 is 5.45. The lowest BCUT2D eigenvalue weighted by molar-refractivity contribution is 0.275. The van der Waals surface area contributed by atoms with Crippen molar-refractivity contribution in [3.63, 3.8) is 0 Å². The van der Waals surface area contributed by atoms with Crippen molar-refractivity contribution in [2.24, 2.45) is 5.92 Å². The molecular formula is C16H25NO. The van der Waals surface area contributed by atoms with E-state index in [1.165, 1.54) is 37.7 Å². The number of nitrogens with one attached hydrogen (secondary N) is 1. The zero-order chi connectivity index (χ0) is 12.8. The van der Waals surface area contributed by atoms with Gasteiger partial charge in [0.25, 0.3) is 0 Å². The monoisotopic (exact) mass is 247 g/mol. The third-order valence-electron chi connectivity index (χ3n) is 4.22. The number of methoxy groups -OCH3 is 1. The van der Waals surface area contributed by atoms with Gasteiger partial charge in [0, 0.05) is 6.04 Å². The Balaban J connectivity index is 2.04. The van der Waals surface area contributed by atoms with Crippen molar-refractivity contribution < 1.29 is 4.74 Å². The van der Waals surface area contributed by atoms with Crippen LogP contribution in [0.5, 0.6) is 5.75 Å². The summed E-state index contributed by atoms with van der Waals surface area (Å²) >= 11 is 0. The third kappa shape index (κ3) is 3.26. The van der Waals surface area contributed by atoms with E-state index in [1.807, 2.05) is 6.07 Å². The minimum absolute atomic E-state index is 0.585. The summed E-state index contributed by atoms with van der Waals surface area (Å²) in [4.78, 5) is 0. The van der Waals surface area contributed by atoms with E-state index >= 15 is 0 Å². The van der Waals surface area contributed by atoms with Gasteiger partial charge in [-0.3, -0.25) is 0 Å². The van der Waals surface area contributed by atoms with Gasteiger partial charge in [-0.05, 0) is 43.9 Å². The summed E-state index contributed by atoms with van der Waals surface area (Å²) in [5, 5.41) is 3.52. The van der Waals surface area contributed by atoms with E-state index < -0.39 is 0 Å². The largest absolute Gasteiger partial charge is 0.496 e. The highest BCUT2D eigenvalue weighted by atomic mass is 16.5. The first-order valence-electron chi connectivity index (χ1n) is 7.14. The molecule has 100 valence electrons. The van der Waals surface area contributed by atoms with Crippen molar-refractivity contribution in [2.75, 3.05) is 14.2 Å². The summed E-state index contributed by atoms with van der Waals surface area (Å²) in [7, 11) is 3.85. The molecule has 1 unspecified atom stereocenters. The molecule has 1 N–H and O–H groups in total. The molecule has 0 aliphatic heterocycles. The SMILES string of the molecule is CNC(Cc1ccccc1OC)C1CCCCC1. The number of hydrogen-bond donors (Lipinski definition) is 1. The average molecular weight is 247 g/mol. The van der Waals surface area contributed by atoms with Gasteiger partial charge in [-0.1, -0.05) is 37.5 Å². The third-order valence-corrected chi connectivity index (χ3v) is 4.22. The molecule has 1 aromatic carbocycles. The molecule has 1 fully saturated rings. The highest BCUT2D eigenvalue weighted by Crippen LogP contribution is 2.29. The lowest BCUT2D eigenvalue weighted by atomic mass is 9.81. The zero-order valence-electron chi connectivity index (χ0n) is 11.6. The molecule has 0 amide bonds. The molecule has 1 aliphatic carbocycles. The second-order valence-corrected chi connectivity index (χ2v) is 5.31. The highest BCUT2D eigenvalue weighted by molar-refractivity contribution is 5.33. The summed E-state index contributed by atoms with van der Waals surface area (Å²) in [5.41, 5.74) is 1.32. The molecule has 18 heavy (non-hydrogen) atoms. The Kier molecular flexibility index (Phi) is 5.06.